The highest BCUT2D eigenvalue weighted by atomic mass is 35.5. The molecule has 0 aliphatic carbocycles. The molecule has 2 aromatic rings. The molecular weight excluding hydrogens is 513 g/mol. The Labute approximate surface area is 225 Å². The van der Waals surface area contributed by atoms with Gasteiger partial charge in [-0.25, -0.2) is 9.37 Å². The molecule has 1 atom stereocenters. The SMILES string of the molecule is C=CC(=O)N1CCN2C(=O)c3c(N4CCC5(CN(C)C5)C4)nc(-c4c(O)cccc4F)c(Cl)c3OC[C@H]2C1. The van der Waals surface area contributed by atoms with Crippen molar-refractivity contribution in [2.24, 2.45) is 5.41 Å². The second kappa shape index (κ2) is 9.13. The standard InChI is InChI=1S/C27H29ClFN5O4/c1-3-19(36)32-9-10-34-16(11-32)12-38-24-21(26(34)37)25(33-8-7-27(15-33)13-31(2)14-27)30-23(22(24)28)20-17(29)5-4-6-18(20)35/h3-6,16,35H,1,7-15H2,2H3/t16-/m1/s1. The number of fused-ring (bicyclic) bond motifs is 2. The van der Waals surface area contributed by atoms with Gasteiger partial charge in [-0.05, 0) is 31.7 Å². The number of halogens is 2. The third kappa shape index (κ3) is 3.89. The number of carbonyl (C=O) groups excluding carboxylic acids is 2. The third-order valence-corrected chi connectivity index (χ3v) is 8.47. The number of hydrogen-bond donors (Lipinski definition) is 1. The van der Waals surface area contributed by atoms with Crippen molar-refractivity contribution in [3.63, 3.8) is 0 Å². The number of phenolic OH excluding ortho intramolecular Hbond substituents is 1. The zero-order valence-electron chi connectivity index (χ0n) is 21.1. The van der Waals surface area contributed by atoms with Gasteiger partial charge in [0.15, 0.2) is 5.75 Å². The van der Waals surface area contributed by atoms with Crippen LogP contribution in [0.5, 0.6) is 11.5 Å². The summed E-state index contributed by atoms with van der Waals surface area (Å²) in [5.74, 6) is -0.969. The number of carbonyl (C=O) groups is 2. The Morgan fingerprint density at radius 3 is 2.76 bits per heavy atom. The van der Waals surface area contributed by atoms with Crippen LogP contribution in [-0.4, -0.2) is 102 Å². The van der Waals surface area contributed by atoms with Crippen molar-refractivity contribution in [1.29, 1.82) is 0 Å². The smallest absolute Gasteiger partial charge is 0.261 e. The van der Waals surface area contributed by atoms with Crippen LogP contribution in [0.25, 0.3) is 11.3 Å². The fraction of sp³-hybridized carbons (Fsp3) is 0.444. The monoisotopic (exact) mass is 541 g/mol. The molecule has 1 aromatic heterocycles. The van der Waals surface area contributed by atoms with E-state index < -0.39 is 11.9 Å². The van der Waals surface area contributed by atoms with Gasteiger partial charge in [0, 0.05) is 51.2 Å². The number of pyridine rings is 1. The summed E-state index contributed by atoms with van der Waals surface area (Å²) in [4.78, 5) is 38.8. The van der Waals surface area contributed by atoms with E-state index in [1.807, 2.05) is 0 Å². The lowest BCUT2D eigenvalue weighted by atomic mass is 9.79. The fourth-order valence-corrected chi connectivity index (χ4v) is 6.68. The Morgan fingerprint density at radius 2 is 2.05 bits per heavy atom. The highest BCUT2D eigenvalue weighted by molar-refractivity contribution is 6.35. The summed E-state index contributed by atoms with van der Waals surface area (Å²) < 4.78 is 21.2. The van der Waals surface area contributed by atoms with E-state index in [-0.39, 0.29) is 57.2 Å². The van der Waals surface area contributed by atoms with Crippen molar-refractivity contribution in [3.05, 3.63) is 47.3 Å². The summed E-state index contributed by atoms with van der Waals surface area (Å²) >= 11 is 6.80. The number of likely N-dealkylation sites (tertiary alicyclic amines) is 1. The molecule has 0 bridgehead atoms. The lowest BCUT2D eigenvalue weighted by Crippen LogP contribution is -2.57. The van der Waals surface area contributed by atoms with Gasteiger partial charge in [0.05, 0.1) is 11.6 Å². The van der Waals surface area contributed by atoms with E-state index in [1.165, 1.54) is 24.3 Å². The summed E-state index contributed by atoms with van der Waals surface area (Å²) in [5.41, 5.74) is 0.237. The van der Waals surface area contributed by atoms with E-state index in [1.54, 1.807) is 9.80 Å². The molecule has 1 spiro atoms. The molecule has 11 heteroatoms. The Hall–Kier alpha value is -3.37. The predicted octanol–water partition coefficient (Wildman–Crippen LogP) is 2.62. The highest BCUT2D eigenvalue weighted by Gasteiger charge is 2.48. The van der Waals surface area contributed by atoms with Gasteiger partial charge >= 0.3 is 0 Å². The summed E-state index contributed by atoms with van der Waals surface area (Å²) in [7, 11) is 2.08. The molecule has 0 saturated carbocycles. The van der Waals surface area contributed by atoms with E-state index in [0.29, 0.717) is 38.5 Å². The molecule has 0 unspecified atom stereocenters. The number of hydrogen-bond acceptors (Lipinski definition) is 7. The molecule has 2 amide bonds. The molecule has 200 valence electrons. The lowest BCUT2D eigenvalue weighted by molar-refractivity contribution is -0.128. The van der Waals surface area contributed by atoms with Crippen molar-refractivity contribution >= 4 is 29.2 Å². The van der Waals surface area contributed by atoms with Crippen LogP contribution in [0, 0.1) is 11.2 Å². The minimum absolute atomic E-state index is 0.0267. The van der Waals surface area contributed by atoms with Gasteiger partial charge in [0.25, 0.3) is 5.91 Å². The first-order valence-corrected chi connectivity index (χ1v) is 13.1. The number of nitrogens with zero attached hydrogens (tertiary/aromatic N) is 5. The Bertz CT molecular complexity index is 1330. The predicted molar refractivity (Wildman–Crippen MR) is 140 cm³/mol. The van der Waals surface area contributed by atoms with Crippen LogP contribution in [0.1, 0.15) is 16.8 Å². The van der Waals surface area contributed by atoms with Crippen molar-refractivity contribution in [2.75, 3.05) is 64.4 Å². The topological polar surface area (TPSA) is 89.5 Å². The number of ether oxygens (including phenoxy) is 1. The molecule has 1 aromatic carbocycles. The second-order valence-corrected chi connectivity index (χ2v) is 11.1. The molecule has 4 aliphatic heterocycles. The maximum Gasteiger partial charge on any atom is 0.261 e. The van der Waals surface area contributed by atoms with E-state index in [9.17, 15) is 19.1 Å². The summed E-state index contributed by atoms with van der Waals surface area (Å²) in [6.45, 7) is 7.93. The summed E-state index contributed by atoms with van der Waals surface area (Å²) in [6.07, 6.45) is 2.20. The number of piperazine rings is 1. The van der Waals surface area contributed by atoms with E-state index in [0.717, 1.165) is 19.5 Å². The van der Waals surface area contributed by atoms with Gasteiger partial charge in [-0.3, -0.25) is 9.59 Å². The van der Waals surface area contributed by atoms with Crippen molar-refractivity contribution < 1.29 is 23.8 Å². The first-order valence-electron chi connectivity index (χ1n) is 12.7. The zero-order chi connectivity index (χ0) is 26.8. The van der Waals surface area contributed by atoms with Gasteiger partial charge in [0.1, 0.15) is 40.3 Å². The molecular formula is C27H29ClFN5O4. The molecule has 4 aliphatic rings. The number of anilines is 1. The van der Waals surface area contributed by atoms with Gasteiger partial charge in [-0.2, -0.15) is 0 Å². The van der Waals surface area contributed by atoms with Crippen LogP contribution in [0.2, 0.25) is 5.02 Å². The minimum atomic E-state index is -0.681. The average molecular weight is 542 g/mol. The number of phenols is 1. The van der Waals surface area contributed by atoms with Crippen LogP contribution in [-0.2, 0) is 4.79 Å². The van der Waals surface area contributed by atoms with E-state index in [4.69, 9.17) is 21.3 Å². The zero-order valence-corrected chi connectivity index (χ0v) is 21.9. The largest absolute Gasteiger partial charge is 0.507 e. The molecule has 1 N–H and O–H groups in total. The van der Waals surface area contributed by atoms with Gasteiger partial charge in [-0.1, -0.05) is 24.2 Å². The highest BCUT2D eigenvalue weighted by Crippen LogP contribution is 2.48. The van der Waals surface area contributed by atoms with Crippen LogP contribution in [0.3, 0.4) is 0 Å². The Morgan fingerprint density at radius 1 is 1.26 bits per heavy atom. The molecule has 3 fully saturated rings. The fourth-order valence-electron chi connectivity index (χ4n) is 6.39. The van der Waals surface area contributed by atoms with Crippen LogP contribution >= 0.6 is 11.6 Å². The molecule has 9 nitrogen and oxygen atoms in total. The molecule has 5 heterocycles. The quantitative estimate of drug-likeness (QED) is 0.598. The number of aromatic nitrogens is 1. The van der Waals surface area contributed by atoms with Gasteiger partial charge < -0.3 is 29.4 Å². The first kappa shape index (κ1) is 24.9. The third-order valence-electron chi connectivity index (χ3n) is 8.12. The molecule has 0 radical (unpaired) electrons. The number of amides is 2. The van der Waals surface area contributed by atoms with Gasteiger partial charge in [-0.15, -0.1) is 0 Å². The number of rotatable bonds is 3. The Kier molecular flexibility index (Phi) is 5.99. The van der Waals surface area contributed by atoms with Crippen molar-refractivity contribution in [1.82, 2.24) is 19.7 Å². The minimum Gasteiger partial charge on any atom is -0.507 e. The Balaban J connectivity index is 1.47. The second-order valence-electron chi connectivity index (χ2n) is 10.7. The molecule has 38 heavy (non-hydrogen) atoms. The van der Waals surface area contributed by atoms with Gasteiger partial charge in [0.2, 0.25) is 5.91 Å². The number of benzene rings is 1. The van der Waals surface area contributed by atoms with E-state index in [2.05, 4.69) is 23.4 Å². The maximum atomic E-state index is 15.0. The van der Waals surface area contributed by atoms with Crippen molar-refractivity contribution in [2.45, 2.75) is 12.5 Å². The summed E-state index contributed by atoms with van der Waals surface area (Å²) in [6, 6.07) is 3.60. The number of aromatic hydroxyl groups is 1. The normalized spacial score (nSPS) is 22.4. The average Bonchev–Trinajstić information content (AvgIpc) is 3.26. The molecule has 6 rings (SSSR count). The van der Waals surface area contributed by atoms with Crippen LogP contribution < -0.4 is 9.64 Å². The van der Waals surface area contributed by atoms with Crippen molar-refractivity contribution in [3.8, 4) is 22.8 Å². The van der Waals surface area contributed by atoms with E-state index >= 15 is 0 Å². The van der Waals surface area contributed by atoms with Crippen LogP contribution in [0.15, 0.2) is 30.9 Å². The summed E-state index contributed by atoms with van der Waals surface area (Å²) in [5, 5.41) is 10.5. The molecule has 3 saturated heterocycles. The lowest BCUT2D eigenvalue weighted by Gasteiger charge is -2.46. The van der Waals surface area contributed by atoms with Crippen LogP contribution in [0.4, 0.5) is 10.2 Å². The maximum absolute atomic E-state index is 15.0. The first-order chi connectivity index (χ1) is 18.2.